The number of anilines is 2. The summed E-state index contributed by atoms with van der Waals surface area (Å²) in [4.78, 5) is 11.5. The molecule has 4 aromatic rings. The fourth-order valence-electron chi connectivity index (χ4n) is 4.80. The van der Waals surface area contributed by atoms with Crippen molar-refractivity contribution in [3.63, 3.8) is 0 Å². The molecule has 1 fully saturated rings. The molecule has 178 valence electrons. The van der Waals surface area contributed by atoms with Crippen LogP contribution in [0.4, 0.5) is 15.3 Å². The molecule has 3 aromatic heterocycles. The zero-order valence-electron chi connectivity index (χ0n) is 20.4. The van der Waals surface area contributed by atoms with Crippen molar-refractivity contribution in [1.82, 2.24) is 18.7 Å². The van der Waals surface area contributed by atoms with Crippen molar-refractivity contribution in [2.45, 2.75) is 37.9 Å². The first-order chi connectivity index (χ1) is 17.4. The van der Waals surface area contributed by atoms with E-state index < -0.39 is 5.84 Å². The third kappa shape index (κ3) is 4.85. The highest BCUT2D eigenvalue weighted by atomic mass is 32.2. The molecular formula is C25H25B3FN5S2. The van der Waals surface area contributed by atoms with E-state index in [-0.39, 0.29) is 5.82 Å². The van der Waals surface area contributed by atoms with Crippen molar-refractivity contribution >= 4 is 68.2 Å². The highest BCUT2D eigenvalue weighted by Crippen LogP contribution is 2.36. The van der Waals surface area contributed by atoms with Gasteiger partial charge in [-0.15, -0.1) is 11.3 Å². The lowest BCUT2D eigenvalue weighted by molar-refractivity contribution is 0.346. The number of aryl methyl sites for hydroxylation is 1. The predicted molar refractivity (Wildman–Crippen MR) is 152 cm³/mol. The van der Waals surface area contributed by atoms with Crippen LogP contribution in [0.25, 0.3) is 16.9 Å². The monoisotopic (exact) mass is 511 g/mol. The molecule has 0 unspecified atom stereocenters. The lowest BCUT2D eigenvalue weighted by Crippen LogP contribution is -2.33. The van der Waals surface area contributed by atoms with Gasteiger partial charge >= 0.3 is 0 Å². The first-order valence-corrected chi connectivity index (χ1v) is 14.0. The van der Waals surface area contributed by atoms with E-state index in [0.29, 0.717) is 27.9 Å². The van der Waals surface area contributed by atoms with Gasteiger partial charge in [0.25, 0.3) is 0 Å². The van der Waals surface area contributed by atoms with Crippen LogP contribution in [0, 0.1) is 5.82 Å². The molecular weight excluding hydrogens is 486 g/mol. The van der Waals surface area contributed by atoms with E-state index in [4.69, 9.17) is 33.5 Å². The van der Waals surface area contributed by atoms with Gasteiger partial charge in [0.05, 0.1) is 27.1 Å². The maximum atomic E-state index is 13.5. The second-order valence-corrected chi connectivity index (χ2v) is 10.8. The third-order valence-electron chi connectivity index (χ3n) is 6.70. The van der Waals surface area contributed by atoms with Gasteiger partial charge in [0.15, 0.2) is 5.13 Å². The molecule has 0 N–H and O–H groups in total. The smallest absolute Gasteiger partial charge is 0.189 e. The highest BCUT2D eigenvalue weighted by molar-refractivity contribution is 7.96. The summed E-state index contributed by atoms with van der Waals surface area (Å²) in [5.74, 6) is 0.103. The Morgan fingerprint density at radius 3 is 2.50 bits per heavy atom. The molecule has 0 bridgehead atoms. The van der Waals surface area contributed by atoms with Gasteiger partial charge in [-0.1, -0.05) is 24.9 Å². The van der Waals surface area contributed by atoms with Crippen LogP contribution in [0.15, 0.2) is 42.6 Å². The van der Waals surface area contributed by atoms with Gasteiger partial charge in [-0.25, -0.2) is 14.4 Å². The number of piperidine rings is 1. The summed E-state index contributed by atoms with van der Waals surface area (Å²) in [6, 6.07) is 10.4. The normalized spacial score (nSPS) is 15.2. The summed E-state index contributed by atoms with van der Waals surface area (Å²) >= 11 is 3.11. The number of halogens is 1. The number of nitrogens with zero attached hydrogens (tertiary/aromatic N) is 5. The molecule has 5 rings (SSSR count). The molecule has 0 spiro atoms. The van der Waals surface area contributed by atoms with Gasteiger partial charge in [-0.2, -0.15) is 0 Å². The summed E-state index contributed by atoms with van der Waals surface area (Å²) in [5.41, 5.74) is 4.30. The molecule has 4 heterocycles. The molecule has 36 heavy (non-hydrogen) atoms. The lowest BCUT2D eigenvalue weighted by Gasteiger charge is -2.31. The zero-order valence-corrected chi connectivity index (χ0v) is 22.0. The summed E-state index contributed by atoms with van der Waals surface area (Å²) in [5, 5.41) is 0.567. The quantitative estimate of drug-likeness (QED) is 0.275. The highest BCUT2D eigenvalue weighted by Gasteiger charge is 2.26. The molecule has 0 amide bonds. The van der Waals surface area contributed by atoms with Crippen LogP contribution in [0.2, 0.25) is 0 Å². The molecule has 0 saturated carbocycles. The van der Waals surface area contributed by atoms with Crippen molar-refractivity contribution in [2.24, 2.45) is 0 Å². The van der Waals surface area contributed by atoms with Crippen LogP contribution < -0.4 is 9.68 Å². The Labute approximate surface area is 223 Å². The van der Waals surface area contributed by atoms with E-state index in [1.54, 1.807) is 17.0 Å². The van der Waals surface area contributed by atoms with Gasteiger partial charge in [0.2, 0.25) is 0 Å². The second kappa shape index (κ2) is 10.6. The van der Waals surface area contributed by atoms with E-state index in [2.05, 4.69) is 40.2 Å². The van der Waals surface area contributed by atoms with Crippen molar-refractivity contribution in [2.75, 3.05) is 24.2 Å². The molecule has 0 aliphatic carbocycles. The number of hydrogen-bond donors (Lipinski definition) is 0. The number of aromatic nitrogens is 3. The van der Waals surface area contributed by atoms with Gasteiger partial charge in [0, 0.05) is 24.8 Å². The van der Waals surface area contributed by atoms with Crippen molar-refractivity contribution in [3.05, 3.63) is 59.7 Å². The van der Waals surface area contributed by atoms with Crippen LogP contribution in [0.3, 0.4) is 0 Å². The van der Waals surface area contributed by atoms with Crippen molar-refractivity contribution in [3.8, 4) is 11.3 Å². The topological polar surface area (TPSA) is 36.7 Å². The van der Waals surface area contributed by atoms with Crippen LogP contribution in [-0.4, -0.2) is 67.4 Å². The van der Waals surface area contributed by atoms with Gasteiger partial charge in [-0.3, -0.25) is 8.71 Å². The predicted octanol–water partition coefficient (Wildman–Crippen LogP) is 4.17. The van der Waals surface area contributed by atoms with Gasteiger partial charge < -0.3 is 4.90 Å². The fourth-order valence-corrected chi connectivity index (χ4v) is 6.28. The molecule has 0 atom stereocenters. The number of hydrogen-bond acceptors (Lipinski definition) is 6. The van der Waals surface area contributed by atoms with E-state index >= 15 is 0 Å². The van der Waals surface area contributed by atoms with Crippen LogP contribution >= 0.6 is 23.3 Å². The number of fused-ring (bicyclic) bond motifs is 1. The number of thiazole rings is 1. The number of pyridine rings is 1. The molecule has 11 heteroatoms. The average molecular weight is 511 g/mol. The number of imidazole rings is 1. The van der Waals surface area contributed by atoms with E-state index in [1.165, 1.54) is 29.0 Å². The van der Waals surface area contributed by atoms with Crippen LogP contribution in [0.5, 0.6) is 0 Å². The molecule has 1 saturated heterocycles. The Morgan fingerprint density at radius 1 is 1.14 bits per heavy atom. The first kappa shape index (κ1) is 25.4. The maximum Gasteiger partial charge on any atom is 0.189 e. The lowest BCUT2D eigenvalue weighted by atomic mass is 9.77. The number of rotatable bonds is 7. The first-order valence-electron chi connectivity index (χ1n) is 12.0. The Kier molecular flexibility index (Phi) is 7.51. The Hall–Kier alpha value is -2.23. The molecule has 1 aliphatic heterocycles. The van der Waals surface area contributed by atoms with E-state index in [9.17, 15) is 4.39 Å². The van der Waals surface area contributed by atoms with Crippen molar-refractivity contribution < 1.29 is 4.39 Å². The minimum atomic E-state index is -0.865. The standard InChI is InChI=1S/C25H25B3FN5S2/c1-3-19-23(33-14-17(6-9-20(33)30-19)15-10-12-32(35-2)13-11-15)34(24(27)28)25-31-21(22(26)36-25)16-4-7-18(29)8-5-16/h4-9,14-15,24H,3,10-13H2,1-2H3. The van der Waals surface area contributed by atoms with Crippen LogP contribution in [0.1, 0.15) is 36.9 Å². The Morgan fingerprint density at radius 2 is 1.86 bits per heavy atom. The minimum absolute atomic E-state index is 0.313. The second-order valence-electron chi connectivity index (χ2n) is 8.89. The molecule has 1 aliphatic rings. The number of benzene rings is 1. The summed E-state index contributed by atoms with van der Waals surface area (Å²) < 4.78 is 18.5. The minimum Gasteiger partial charge on any atom is -0.317 e. The largest absolute Gasteiger partial charge is 0.317 e. The summed E-state index contributed by atoms with van der Waals surface area (Å²) in [7, 11) is 19.0. The third-order valence-corrected chi connectivity index (χ3v) is 8.46. The van der Waals surface area contributed by atoms with Crippen LogP contribution in [-0.2, 0) is 6.42 Å². The molecule has 6 radical (unpaired) electrons. The Bertz CT molecular complexity index is 1350. The summed E-state index contributed by atoms with van der Waals surface area (Å²) in [6.45, 7) is 4.21. The van der Waals surface area contributed by atoms with E-state index in [0.717, 1.165) is 48.7 Å². The fraction of sp³-hybridized carbons (Fsp3) is 0.360. The van der Waals surface area contributed by atoms with Gasteiger partial charge in [0.1, 0.15) is 25.1 Å². The Balaban J connectivity index is 1.57. The summed E-state index contributed by atoms with van der Waals surface area (Å²) in [6.07, 6.45) is 7.23. The van der Waals surface area contributed by atoms with E-state index in [1.807, 2.05) is 11.9 Å². The SMILES string of the molecule is [B]c1sc(N(c2c(CC)nc3ccc(C4CCN(SC)CC4)cn23)C([B])[B])nc1-c1ccc(F)cc1. The molecule has 1 aromatic carbocycles. The zero-order chi connectivity index (χ0) is 25.4. The van der Waals surface area contributed by atoms with Crippen molar-refractivity contribution in [1.29, 1.82) is 0 Å². The maximum absolute atomic E-state index is 13.5. The van der Waals surface area contributed by atoms with Gasteiger partial charge in [-0.05, 0) is 77.9 Å². The molecule has 5 nitrogen and oxygen atoms in total. The average Bonchev–Trinajstić information content (AvgIpc) is 3.44.